The fourth-order valence-corrected chi connectivity index (χ4v) is 9.64. The first-order valence-electron chi connectivity index (χ1n) is 14.4. The lowest BCUT2D eigenvalue weighted by atomic mass is 9.46. The molecule has 4 aliphatic carbocycles. The molecule has 0 aliphatic heterocycles. The average molecular weight is 443 g/mol. The maximum atomic E-state index is 10.4. The summed E-state index contributed by atoms with van der Waals surface area (Å²) in [7, 11) is 0. The summed E-state index contributed by atoms with van der Waals surface area (Å²) in [5.74, 6) is 6.21. The third kappa shape index (κ3) is 4.63. The van der Waals surface area contributed by atoms with Crippen LogP contribution in [-0.4, -0.2) is 10.7 Å². The van der Waals surface area contributed by atoms with Gasteiger partial charge in [0.25, 0.3) is 0 Å². The Hall–Kier alpha value is -0.300. The van der Waals surface area contributed by atoms with Crippen LogP contribution in [0.4, 0.5) is 0 Å². The van der Waals surface area contributed by atoms with Gasteiger partial charge in [-0.2, -0.15) is 0 Å². The fraction of sp³-hybridized carbons (Fsp3) is 0.935. The first-order chi connectivity index (χ1) is 14.9. The molecule has 4 rings (SSSR count). The number of hydrogen-bond donors (Lipinski definition) is 1. The van der Waals surface area contributed by atoms with E-state index in [1.54, 1.807) is 5.57 Å². The molecule has 3 saturated carbocycles. The van der Waals surface area contributed by atoms with E-state index in [1.165, 1.54) is 70.6 Å². The Balaban J connectivity index is 1.46. The van der Waals surface area contributed by atoms with Crippen LogP contribution in [0.3, 0.4) is 0 Å². The van der Waals surface area contributed by atoms with E-state index in [0.29, 0.717) is 16.7 Å². The predicted octanol–water partition coefficient (Wildman–Crippen LogP) is 8.81. The number of fused-ring (bicyclic) bond motifs is 5. The molecule has 3 fully saturated rings. The number of rotatable bonds is 7. The highest BCUT2D eigenvalue weighted by Gasteiger charge is 2.59. The molecule has 0 bridgehead atoms. The van der Waals surface area contributed by atoms with Crippen molar-refractivity contribution in [1.82, 2.24) is 0 Å². The van der Waals surface area contributed by atoms with Crippen LogP contribution in [0.5, 0.6) is 0 Å². The zero-order valence-electron chi connectivity index (χ0n) is 22.6. The monoisotopic (exact) mass is 442 g/mol. The molecule has 32 heavy (non-hydrogen) atoms. The molecular formula is C31H54O. The molecule has 1 N–H and O–H groups in total. The Labute approximate surface area is 200 Å². The summed E-state index contributed by atoms with van der Waals surface area (Å²) in [6.45, 7) is 16.7. The van der Waals surface area contributed by atoms with Crippen LogP contribution in [0.1, 0.15) is 126 Å². The van der Waals surface area contributed by atoms with Gasteiger partial charge in [0.05, 0.1) is 5.60 Å². The average Bonchev–Trinajstić information content (AvgIpc) is 3.04. The van der Waals surface area contributed by atoms with Crippen molar-refractivity contribution < 1.29 is 5.11 Å². The molecule has 0 amide bonds. The van der Waals surface area contributed by atoms with Gasteiger partial charge in [-0.05, 0) is 124 Å². The maximum absolute atomic E-state index is 10.4. The Morgan fingerprint density at radius 1 is 1.00 bits per heavy atom. The molecule has 0 spiro atoms. The molecule has 0 heterocycles. The van der Waals surface area contributed by atoms with Gasteiger partial charge in [-0.25, -0.2) is 0 Å². The molecule has 0 radical (unpaired) electrons. The van der Waals surface area contributed by atoms with Gasteiger partial charge < -0.3 is 5.11 Å². The summed E-state index contributed by atoms with van der Waals surface area (Å²) in [5, 5.41) is 10.4. The van der Waals surface area contributed by atoms with E-state index < -0.39 is 5.60 Å². The summed E-state index contributed by atoms with van der Waals surface area (Å²) in [4.78, 5) is 0. The van der Waals surface area contributed by atoms with Crippen molar-refractivity contribution in [3.05, 3.63) is 11.6 Å². The SMILES string of the molecule is CC(C)CCC[C@@H](C)[C@H]1CC[C@H]2[C@@H]3CC=C4C[C@@H](CC(C)(C)O)CC[C@]4(C)[C@H]3CC[C@]12C. The van der Waals surface area contributed by atoms with Crippen molar-refractivity contribution in [2.24, 2.45) is 52.3 Å². The third-order valence-electron chi connectivity index (χ3n) is 11.2. The molecule has 8 atom stereocenters. The van der Waals surface area contributed by atoms with Crippen LogP contribution in [0.2, 0.25) is 0 Å². The van der Waals surface area contributed by atoms with E-state index in [2.05, 4.69) is 40.7 Å². The second kappa shape index (κ2) is 9.05. The van der Waals surface area contributed by atoms with Crippen LogP contribution in [-0.2, 0) is 0 Å². The zero-order valence-corrected chi connectivity index (χ0v) is 22.6. The maximum Gasteiger partial charge on any atom is 0.0594 e. The lowest BCUT2D eigenvalue weighted by Crippen LogP contribution is -2.50. The fourth-order valence-electron chi connectivity index (χ4n) is 9.64. The van der Waals surface area contributed by atoms with Crippen LogP contribution < -0.4 is 0 Å². The van der Waals surface area contributed by atoms with Gasteiger partial charge in [0.2, 0.25) is 0 Å². The number of allylic oxidation sites excluding steroid dienone is 2. The summed E-state index contributed by atoms with van der Waals surface area (Å²) in [6.07, 6.45) is 19.2. The molecule has 0 aromatic heterocycles. The van der Waals surface area contributed by atoms with E-state index >= 15 is 0 Å². The van der Waals surface area contributed by atoms with Crippen molar-refractivity contribution in [3.63, 3.8) is 0 Å². The first-order valence-corrected chi connectivity index (χ1v) is 14.4. The molecule has 0 aromatic rings. The highest BCUT2D eigenvalue weighted by Crippen LogP contribution is 2.67. The van der Waals surface area contributed by atoms with Gasteiger partial charge >= 0.3 is 0 Å². The summed E-state index contributed by atoms with van der Waals surface area (Å²) in [6, 6.07) is 0. The third-order valence-corrected chi connectivity index (χ3v) is 11.2. The molecular weight excluding hydrogens is 388 g/mol. The van der Waals surface area contributed by atoms with Gasteiger partial charge in [-0.3, -0.25) is 0 Å². The second-order valence-corrected chi connectivity index (χ2v) is 14.4. The smallest absolute Gasteiger partial charge is 0.0594 e. The van der Waals surface area contributed by atoms with Crippen molar-refractivity contribution in [1.29, 1.82) is 0 Å². The van der Waals surface area contributed by atoms with Crippen LogP contribution in [0, 0.1) is 52.3 Å². The lowest BCUT2D eigenvalue weighted by Gasteiger charge is -2.59. The highest BCUT2D eigenvalue weighted by molar-refractivity contribution is 5.25. The Kier molecular flexibility index (Phi) is 7.02. The number of hydrogen-bond acceptors (Lipinski definition) is 1. The Morgan fingerprint density at radius 3 is 2.44 bits per heavy atom. The normalized spacial score (nSPS) is 42.8. The minimum Gasteiger partial charge on any atom is -0.390 e. The van der Waals surface area contributed by atoms with Gasteiger partial charge in [-0.1, -0.05) is 65.5 Å². The van der Waals surface area contributed by atoms with Crippen molar-refractivity contribution >= 4 is 0 Å². The summed E-state index contributed by atoms with van der Waals surface area (Å²) in [5.41, 5.74) is 2.30. The van der Waals surface area contributed by atoms with Gasteiger partial charge in [-0.15, -0.1) is 0 Å². The highest BCUT2D eigenvalue weighted by atomic mass is 16.3. The van der Waals surface area contributed by atoms with E-state index in [-0.39, 0.29) is 0 Å². The van der Waals surface area contributed by atoms with Crippen LogP contribution >= 0.6 is 0 Å². The topological polar surface area (TPSA) is 20.2 Å². The Bertz CT molecular complexity index is 683. The van der Waals surface area contributed by atoms with Crippen molar-refractivity contribution in [2.45, 2.75) is 131 Å². The second-order valence-electron chi connectivity index (χ2n) is 14.4. The summed E-state index contributed by atoms with van der Waals surface area (Å²) >= 11 is 0. The standard InChI is InChI=1S/C31H54O/c1-21(2)9-8-10-22(3)26-13-14-27-25-12-11-24-19-23(20-29(4,5)32)15-17-30(24,6)28(25)16-18-31(26,27)7/h11,21-23,25-28,32H,8-10,12-20H2,1-7H3/t22-,23+,25+,26-,27+,28+,30+,31-/m1/s1. The van der Waals surface area contributed by atoms with Crippen LogP contribution in [0.15, 0.2) is 11.6 Å². The van der Waals surface area contributed by atoms with E-state index in [0.717, 1.165) is 41.9 Å². The molecule has 1 heteroatoms. The molecule has 184 valence electrons. The lowest BCUT2D eigenvalue weighted by molar-refractivity contribution is -0.0553. The molecule has 1 nitrogen and oxygen atoms in total. The summed E-state index contributed by atoms with van der Waals surface area (Å²) < 4.78 is 0. The van der Waals surface area contributed by atoms with Crippen molar-refractivity contribution in [2.75, 3.05) is 0 Å². The molecule has 0 saturated heterocycles. The Morgan fingerprint density at radius 2 is 1.75 bits per heavy atom. The number of aliphatic hydroxyl groups is 1. The van der Waals surface area contributed by atoms with Gasteiger partial charge in [0.15, 0.2) is 0 Å². The minimum atomic E-state index is -0.520. The molecule has 4 aliphatic rings. The largest absolute Gasteiger partial charge is 0.390 e. The van der Waals surface area contributed by atoms with Gasteiger partial charge in [0, 0.05) is 0 Å². The van der Waals surface area contributed by atoms with E-state index in [9.17, 15) is 5.11 Å². The first kappa shape index (κ1) is 24.8. The van der Waals surface area contributed by atoms with Crippen molar-refractivity contribution in [3.8, 4) is 0 Å². The van der Waals surface area contributed by atoms with Crippen LogP contribution in [0.25, 0.3) is 0 Å². The minimum absolute atomic E-state index is 0.446. The zero-order chi connectivity index (χ0) is 23.3. The van der Waals surface area contributed by atoms with E-state index in [4.69, 9.17) is 0 Å². The van der Waals surface area contributed by atoms with E-state index in [1.807, 2.05) is 13.8 Å². The molecule has 0 unspecified atom stereocenters. The molecule has 0 aromatic carbocycles. The predicted molar refractivity (Wildman–Crippen MR) is 137 cm³/mol. The quantitative estimate of drug-likeness (QED) is 0.390. The van der Waals surface area contributed by atoms with Gasteiger partial charge in [0.1, 0.15) is 0 Å².